The van der Waals surface area contributed by atoms with Gasteiger partial charge >= 0.3 is 0 Å². The van der Waals surface area contributed by atoms with Crippen LogP contribution in [0.3, 0.4) is 0 Å². The number of halogens is 4. The van der Waals surface area contributed by atoms with Gasteiger partial charge in [0.05, 0.1) is 18.7 Å². The molecule has 4 nitrogen and oxygen atoms in total. The minimum Gasteiger partial charge on any atom is -0.341 e. The molecule has 1 heterocycles. The molecule has 2 aromatic rings. The fourth-order valence-corrected chi connectivity index (χ4v) is 3.31. The second-order valence-corrected chi connectivity index (χ2v) is 8.67. The van der Waals surface area contributed by atoms with Gasteiger partial charge in [0.25, 0.3) is 17.8 Å². The van der Waals surface area contributed by atoms with Crippen molar-refractivity contribution < 1.29 is 22.4 Å². The molecular weight excluding hydrogens is 398 g/mol. The fraction of sp³-hybridized carbons (Fsp3) is 0.500. The van der Waals surface area contributed by atoms with Crippen molar-refractivity contribution in [2.45, 2.75) is 58.4 Å². The van der Waals surface area contributed by atoms with E-state index in [1.807, 2.05) is 20.8 Å². The first kappa shape index (κ1) is 23.9. The van der Waals surface area contributed by atoms with Crippen molar-refractivity contribution in [2.75, 3.05) is 18.9 Å². The van der Waals surface area contributed by atoms with E-state index in [0.717, 1.165) is 6.92 Å². The molecule has 0 atom stereocenters. The van der Waals surface area contributed by atoms with Crippen LogP contribution in [0.5, 0.6) is 0 Å². The highest BCUT2D eigenvalue weighted by molar-refractivity contribution is 6.05. The van der Waals surface area contributed by atoms with Crippen LogP contribution in [0.2, 0.25) is 0 Å². The Bertz CT molecular complexity index is 908. The summed E-state index contributed by atoms with van der Waals surface area (Å²) in [7, 11) is 1.45. The SMILES string of the molecule is CNCC(F)(F)Cn1c(C(C)(C)C)cc(C(=O)Nc2cccc(C(C)(F)F)c2)c1C. The average Bonchev–Trinajstić information content (AvgIpc) is 2.90. The lowest BCUT2D eigenvalue weighted by Crippen LogP contribution is -2.36. The summed E-state index contributed by atoms with van der Waals surface area (Å²) >= 11 is 0. The van der Waals surface area contributed by atoms with Crippen LogP contribution in [0.4, 0.5) is 23.2 Å². The van der Waals surface area contributed by atoms with Crippen LogP contribution in [-0.2, 0) is 17.9 Å². The van der Waals surface area contributed by atoms with E-state index in [4.69, 9.17) is 0 Å². The third-order valence-electron chi connectivity index (χ3n) is 4.83. The molecule has 166 valence electrons. The Morgan fingerprint density at radius 2 is 1.70 bits per heavy atom. The van der Waals surface area contributed by atoms with Gasteiger partial charge in [0.2, 0.25) is 0 Å². The van der Waals surface area contributed by atoms with E-state index >= 15 is 0 Å². The fourth-order valence-electron chi connectivity index (χ4n) is 3.31. The van der Waals surface area contributed by atoms with Gasteiger partial charge in [-0.2, -0.15) is 0 Å². The Labute approximate surface area is 174 Å². The lowest BCUT2D eigenvalue weighted by atomic mass is 9.91. The van der Waals surface area contributed by atoms with E-state index in [0.29, 0.717) is 11.4 Å². The number of hydrogen-bond donors (Lipinski definition) is 2. The molecule has 30 heavy (non-hydrogen) atoms. The van der Waals surface area contributed by atoms with Crippen molar-refractivity contribution >= 4 is 11.6 Å². The van der Waals surface area contributed by atoms with Crippen molar-refractivity contribution in [3.63, 3.8) is 0 Å². The van der Waals surface area contributed by atoms with Crippen LogP contribution in [0.1, 0.15) is 55.0 Å². The molecule has 1 aromatic heterocycles. The molecule has 1 amide bonds. The molecule has 8 heteroatoms. The maximum atomic E-state index is 14.3. The number of alkyl halides is 4. The molecular formula is C22H29F4N3O. The highest BCUT2D eigenvalue weighted by atomic mass is 19.3. The van der Waals surface area contributed by atoms with E-state index < -0.39 is 36.3 Å². The molecule has 0 radical (unpaired) electrons. The summed E-state index contributed by atoms with van der Waals surface area (Å²) in [4.78, 5) is 12.9. The van der Waals surface area contributed by atoms with Gasteiger partial charge in [0.1, 0.15) is 0 Å². The van der Waals surface area contributed by atoms with Crippen LogP contribution >= 0.6 is 0 Å². The number of anilines is 1. The molecule has 0 fully saturated rings. The lowest BCUT2D eigenvalue weighted by Gasteiger charge is -2.25. The zero-order valence-electron chi connectivity index (χ0n) is 18.2. The Balaban J connectivity index is 2.41. The van der Waals surface area contributed by atoms with Gasteiger partial charge in [0.15, 0.2) is 0 Å². The molecule has 0 aliphatic rings. The standard InChI is InChI=1S/C22H29F4N3O/c1-14-17(19(30)28-16-9-7-8-15(10-16)21(5,23)24)11-18(20(2,3)4)29(14)13-22(25,26)12-27-6/h7-11,27H,12-13H2,1-6H3,(H,28,30). The molecule has 0 spiro atoms. The predicted molar refractivity (Wildman–Crippen MR) is 111 cm³/mol. The van der Waals surface area contributed by atoms with E-state index in [1.54, 1.807) is 13.0 Å². The van der Waals surface area contributed by atoms with Crippen molar-refractivity contribution in [3.05, 3.63) is 52.8 Å². The summed E-state index contributed by atoms with van der Waals surface area (Å²) < 4.78 is 57.2. The maximum absolute atomic E-state index is 14.3. The summed E-state index contributed by atoms with van der Waals surface area (Å²) in [5, 5.41) is 5.09. The van der Waals surface area contributed by atoms with E-state index in [9.17, 15) is 22.4 Å². The predicted octanol–water partition coefficient (Wildman–Crippen LogP) is 5.31. The van der Waals surface area contributed by atoms with E-state index in [-0.39, 0.29) is 16.8 Å². The maximum Gasteiger partial charge on any atom is 0.277 e. The monoisotopic (exact) mass is 427 g/mol. The smallest absolute Gasteiger partial charge is 0.277 e. The first-order chi connectivity index (χ1) is 13.7. The largest absolute Gasteiger partial charge is 0.341 e. The number of carbonyl (C=O) groups is 1. The van der Waals surface area contributed by atoms with Gasteiger partial charge in [-0.05, 0) is 32.2 Å². The molecule has 1 aromatic carbocycles. The molecule has 0 aliphatic heterocycles. The first-order valence-electron chi connectivity index (χ1n) is 9.68. The molecule has 0 saturated carbocycles. The van der Waals surface area contributed by atoms with Gasteiger partial charge in [0, 0.05) is 35.0 Å². The molecule has 0 aliphatic carbocycles. The van der Waals surface area contributed by atoms with Gasteiger partial charge in [-0.15, -0.1) is 0 Å². The van der Waals surface area contributed by atoms with Crippen molar-refractivity contribution in [3.8, 4) is 0 Å². The van der Waals surface area contributed by atoms with Gasteiger partial charge < -0.3 is 15.2 Å². The molecule has 0 bridgehead atoms. The number of aromatic nitrogens is 1. The molecule has 0 saturated heterocycles. The number of nitrogens with zero attached hydrogens (tertiary/aromatic N) is 1. The number of hydrogen-bond acceptors (Lipinski definition) is 2. The minimum atomic E-state index is -3.04. The summed E-state index contributed by atoms with van der Waals surface area (Å²) in [6.07, 6.45) is 0. The van der Waals surface area contributed by atoms with Gasteiger partial charge in [-0.25, -0.2) is 17.6 Å². The summed E-state index contributed by atoms with van der Waals surface area (Å²) in [6, 6.07) is 7.01. The Morgan fingerprint density at radius 3 is 2.23 bits per heavy atom. The summed E-state index contributed by atoms with van der Waals surface area (Å²) in [5.41, 5.74) is 0.720. The zero-order valence-corrected chi connectivity index (χ0v) is 18.2. The lowest BCUT2D eigenvalue weighted by molar-refractivity contribution is -0.0147. The topological polar surface area (TPSA) is 46.1 Å². The molecule has 2 rings (SSSR count). The normalized spacial score (nSPS) is 12.9. The minimum absolute atomic E-state index is 0.212. The van der Waals surface area contributed by atoms with Gasteiger partial charge in [-0.3, -0.25) is 4.79 Å². The number of carbonyl (C=O) groups excluding carboxylic acids is 1. The Hall–Kier alpha value is -2.35. The molecule has 2 N–H and O–H groups in total. The third kappa shape index (κ3) is 5.62. The van der Waals surface area contributed by atoms with Crippen LogP contribution in [0, 0.1) is 6.92 Å². The number of nitrogens with one attached hydrogen (secondary N) is 2. The second kappa shape index (κ2) is 8.41. The van der Waals surface area contributed by atoms with Crippen molar-refractivity contribution in [2.24, 2.45) is 0 Å². The highest BCUT2D eigenvalue weighted by Crippen LogP contribution is 2.32. The third-order valence-corrected chi connectivity index (χ3v) is 4.83. The van der Waals surface area contributed by atoms with Crippen LogP contribution in [0.15, 0.2) is 30.3 Å². The average molecular weight is 427 g/mol. The Kier molecular flexibility index (Phi) is 6.71. The number of benzene rings is 1. The first-order valence-corrected chi connectivity index (χ1v) is 9.68. The zero-order chi connectivity index (χ0) is 22.9. The van der Waals surface area contributed by atoms with E-state index in [1.165, 1.54) is 35.9 Å². The van der Waals surface area contributed by atoms with Crippen molar-refractivity contribution in [1.82, 2.24) is 9.88 Å². The van der Waals surface area contributed by atoms with Crippen LogP contribution < -0.4 is 10.6 Å². The Morgan fingerprint density at radius 1 is 1.07 bits per heavy atom. The van der Waals surface area contributed by atoms with Gasteiger partial charge in [-0.1, -0.05) is 32.9 Å². The highest BCUT2D eigenvalue weighted by Gasteiger charge is 2.33. The van der Waals surface area contributed by atoms with Crippen molar-refractivity contribution in [1.29, 1.82) is 0 Å². The summed E-state index contributed by atoms with van der Waals surface area (Å²) in [6.45, 7) is 6.95. The van der Waals surface area contributed by atoms with Crippen LogP contribution in [-0.4, -0.2) is 30.0 Å². The van der Waals surface area contributed by atoms with E-state index in [2.05, 4.69) is 10.6 Å². The molecule has 0 unspecified atom stereocenters. The number of rotatable bonds is 7. The summed E-state index contributed by atoms with van der Waals surface area (Å²) in [5.74, 6) is -6.59. The quantitative estimate of drug-likeness (QED) is 0.588. The second-order valence-electron chi connectivity index (χ2n) is 8.67. The van der Waals surface area contributed by atoms with Crippen LogP contribution in [0.25, 0.3) is 0 Å². The number of amides is 1.